The van der Waals surface area contributed by atoms with Gasteiger partial charge in [0.2, 0.25) is 0 Å². The molecule has 3 nitrogen and oxygen atoms in total. The molecule has 2 aromatic heterocycles. The predicted molar refractivity (Wildman–Crippen MR) is 72.9 cm³/mol. The lowest BCUT2D eigenvalue weighted by molar-refractivity contribution is 1.04. The molecule has 0 amide bonds. The number of aromatic nitrogens is 1. The molecule has 2 aromatic rings. The quantitative estimate of drug-likeness (QED) is 0.911. The van der Waals surface area contributed by atoms with Crippen molar-refractivity contribution in [2.75, 3.05) is 17.6 Å². The van der Waals surface area contributed by atoms with Gasteiger partial charge in [-0.25, -0.2) is 4.98 Å². The molecule has 0 saturated carbocycles. The van der Waals surface area contributed by atoms with Crippen molar-refractivity contribution in [2.45, 2.75) is 6.42 Å². The third-order valence-corrected chi connectivity index (χ3v) is 3.80. The molecule has 0 saturated heterocycles. The van der Waals surface area contributed by atoms with Crippen LogP contribution < -0.4 is 11.1 Å². The summed E-state index contributed by atoms with van der Waals surface area (Å²) >= 11 is 5.22. The fourth-order valence-corrected chi connectivity index (χ4v) is 2.81. The van der Waals surface area contributed by atoms with Crippen molar-refractivity contribution in [2.24, 2.45) is 0 Å². The molecule has 0 aliphatic heterocycles. The molecule has 0 atom stereocenters. The van der Waals surface area contributed by atoms with Crippen LogP contribution in [-0.4, -0.2) is 11.5 Å². The first-order chi connectivity index (χ1) is 7.74. The van der Waals surface area contributed by atoms with E-state index >= 15 is 0 Å². The SMILES string of the molecule is Nc1ccc(NCCc2ccc(Br)s2)cn1. The van der Waals surface area contributed by atoms with Gasteiger partial charge in [-0.2, -0.15) is 0 Å². The molecule has 0 radical (unpaired) electrons. The molecule has 3 N–H and O–H groups in total. The van der Waals surface area contributed by atoms with Crippen molar-refractivity contribution in [1.82, 2.24) is 4.98 Å². The minimum absolute atomic E-state index is 0.549. The van der Waals surface area contributed by atoms with Crippen molar-refractivity contribution in [3.8, 4) is 0 Å². The second-order valence-corrected chi connectivity index (χ2v) is 5.90. The lowest BCUT2D eigenvalue weighted by Gasteiger charge is -2.04. The third kappa shape index (κ3) is 3.21. The van der Waals surface area contributed by atoms with E-state index in [0.29, 0.717) is 5.82 Å². The summed E-state index contributed by atoms with van der Waals surface area (Å²) in [7, 11) is 0. The molecule has 16 heavy (non-hydrogen) atoms. The maximum absolute atomic E-state index is 5.51. The standard InChI is InChI=1S/C11H12BrN3S/c12-10-3-2-9(16-10)5-6-14-8-1-4-11(13)15-7-8/h1-4,7,14H,5-6H2,(H2,13,15). The number of nitrogens with zero attached hydrogens (tertiary/aromatic N) is 1. The number of hydrogen-bond acceptors (Lipinski definition) is 4. The van der Waals surface area contributed by atoms with Gasteiger partial charge in [-0.3, -0.25) is 0 Å². The van der Waals surface area contributed by atoms with Gasteiger partial charge in [0.25, 0.3) is 0 Å². The summed E-state index contributed by atoms with van der Waals surface area (Å²) in [5.41, 5.74) is 6.51. The van der Waals surface area contributed by atoms with Crippen LogP contribution in [-0.2, 0) is 6.42 Å². The molecule has 0 aliphatic carbocycles. The lowest BCUT2D eigenvalue weighted by Crippen LogP contribution is -2.04. The Kier molecular flexibility index (Phi) is 3.79. The van der Waals surface area contributed by atoms with Gasteiger partial charge in [0.1, 0.15) is 5.82 Å². The number of pyridine rings is 1. The van der Waals surface area contributed by atoms with Gasteiger partial charge >= 0.3 is 0 Å². The van der Waals surface area contributed by atoms with Crippen LogP contribution in [0.4, 0.5) is 11.5 Å². The summed E-state index contributed by atoms with van der Waals surface area (Å²) in [4.78, 5) is 5.38. The highest BCUT2D eigenvalue weighted by molar-refractivity contribution is 9.11. The topological polar surface area (TPSA) is 50.9 Å². The van der Waals surface area contributed by atoms with E-state index in [2.05, 4.69) is 38.4 Å². The molecule has 2 heterocycles. The zero-order valence-corrected chi connectivity index (χ0v) is 11.0. The van der Waals surface area contributed by atoms with Gasteiger partial charge in [0, 0.05) is 11.4 Å². The molecule has 0 unspecified atom stereocenters. The van der Waals surface area contributed by atoms with Crippen LogP contribution >= 0.6 is 27.3 Å². The molecule has 5 heteroatoms. The van der Waals surface area contributed by atoms with Crippen LogP contribution in [0.25, 0.3) is 0 Å². The molecule has 0 aromatic carbocycles. The largest absolute Gasteiger partial charge is 0.384 e. The van der Waals surface area contributed by atoms with Crippen LogP contribution in [0.5, 0.6) is 0 Å². The maximum atomic E-state index is 5.51. The Morgan fingerprint density at radius 1 is 1.31 bits per heavy atom. The van der Waals surface area contributed by atoms with Crippen molar-refractivity contribution in [3.05, 3.63) is 39.1 Å². The molecule has 0 spiro atoms. The Balaban J connectivity index is 1.82. The van der Waals surface area contributed by atoms with Crippen LogP contribution in [0.2, 0.25) is 0 Å². The molecule has 2 rings (SSSR count). The van der Waals surface area contributed by atoms with E-state index in [1.54, 1.807) is 23.6 Å². The number of hydrogen-bond donors (Lipinski definition) is 2. The molecule has 0 fully saturated rings. The second kappa shape index (κ2) is 5.32. The van der Waals surface area contributed by atoms with Gasteiger partial charge in [-0.1, -0.05) is 0 Å². The number of nitrogen functional groups attached to an aromatic ring is 1. The summed E-state index contributed by atoms with van der Waals surface area (Å²) < 4.78 is 1.18. The van der Waals surface area contributed by atoms with E-state index in [1.807, 2.05) is 6.07 Å². The van der Waals surface area contributed by atoms with Crippen LogP contribution in [0.15, 0.2) is 34.2 Å². The number of nitrogens with two attached hydrogens (primary N) is 1. The van der Waals surface area contributed by atoms with Gasteiger partial charge in [-0.05, 0) is 46.6 Å². The third-order valence-electron chi connectivity index (χ3n) is 2.12. The van der Waals surface area contributed by atoms with Crippen molar-refractivity contribution in [1.29, 1.82) is 0 Å². The second-order valence-electron chi connectivity index (χ2n) is 3.35. The average Bonchev–Trinajstić information content (AvgIpc) is 2.67. The Bertz CT molecular complexity index is 453. The Morgan fingerprint density at radius 2 is 2.19 bits per heavy atom. The summed E-state index contributed by atoms with van der Waals surface area (Å²) in [5, 5.41) is 3.30. The van der Waals surface area contributed by atoms with Crippen molar-refractivity contribution < 1.29 is 0 Å². The van der Waals surface area contributed by atoms with Gasteiger partial charge in [0.15, 0.2) is 0 Å². The maximum Gasteiger partial charge on any atom is 0.123 e. The van der Waals surface area contributed by atoms with Crippen LogP contribution in [0.3, 0.4) is 0 Å². The van der Waals surface area contributed by atoms with Crippen LogP contribution in [0.1, 0.15) is 4.88 Å². The number of anilines is 2. The first-order valence-electron chi connectivity index (χ1n) is 4.93. The van der Waals surface area contributed by atoms with Gasteiger partial charge in [0.05, 0.1) is 15.7 Å². The number of thiophene rings is 1. The molecule has 0 bridgehead atoms. The number of halogens is 1. The monoisotopic (exact) mass is 297 g/mol. The summed E-state index contributed by atoms with van der Waals surface area (Å²) in [5.74, 6) is 0.549. The van der Waals surface area contributed by atoms with E-state index < -0.39 is 0 Å². The van der Waals surface area contributed by atoms with E-state index in [-0.39, 0.29) is 0 Å². The normalized spacial score (nSPS) is 10.3. The summed E-state index contributed by atoms with van der Waals surface area (Å²) in [6.07, 6.45) is 2.76. The highest BCUT2D eigenvalue weighted by Gasteiger charge is 1.97. The molecule has 84 valence electrons. The fraction of sp³-hybridized carbons (Fsp3) is 0.182. The van der Waals surface area contributed by atoms with Gasteiger partial charge in [-0.15, -0.1) is 11.3 Å². The Morgan fingerprint density at radius 3 is 2.81 bits per heavy atom. The van der Waals surface area contributed by atoms with E-state index in [0.717, 1.165) is 18.7 Å². The predicted octanol–water partition coefficient (Wildman–Crippen LogP) is 3.14. The van der Waals surface area contributed by atoms with Crippen molar-refractivity contribution in [3.63, 3.8) is 0 Å². The van der Waals surface area contributed by atoms with E-state index in [9.17, 15) is 0 Å². The highest BCUT2D eigenvalue weighted by Crippen LogP contribution is 2.22. The van der Waals surface area contributed by atoms with Gasteiger partial charge < -0.3 is 11.1 Å². The first-order valence-corrected chi connectivity index (χ1v) is 6.54. The minimum Gasteiger partial charge on any atom is -0.384 e. The lowest BCUT2D eigenvalue weighted by atomic mass is 10.3. The molecular formula is C11H12BrN3S. The number of nitrogens with one attached hydrogen (secondary N) is 1. The highest BCUT2D eigenvalue weighted by atomic mass is 79.9. The molecule has 0 aliphatic rings. The Hall–Kier alpha value is -1.07. The van der Waals surface area contributed by atoms with Crippen LogP contribution in [0, 0.1) is 0 Å². The number of rotatable bonds is 4. The average molecular weight is 298 g/mol. The minimum atomic E-state index is 0.549. The van der Waals surface area contributed by atoms with Crippen molar-refractivity contribution >= 4 is 38.8 Å². The first kappa shape index (κ1) is 11.4. The zero-order chi connectivity index (χ0) is 11.4. The Labute approximate surface area is 107 Å². The smallest absolute Gasteiger partial charge is 0.123 e. The fourth-order valence-electron chi connectivity index (χ4n) is 1.33. The van der Waals surface area contributed by atoms with E-state index in [4.69, 9.17) is 5.73 Å². The molecular weight excluding hydrogens is 286 g/mol. The zero-order valence-electron chi connectivity index (χ0n) is 8.61. The summed E-state index contributed by atoms with van der Waals surface area (Å²) in [6, 6.07) is 7.94. The van der Waals surface area contributed by atoms with E-state index in [1.165, 1.54) is 8.66 Å². The summed E-state index contributed by atoms with van der Waals surface area (Å²) in [6.45, 7) is 0.901.